The number of rotatable bonds is 2. The second-order valence-electron chi connectivity index (χ2n) is 4.37. The maximum absolute atomic E-state index is 12.0. The summed E-state index contributed by atoms with van der Waals surface area (Å²) < 4.78 is 5.27. The van der Waals surface area contributed by atoms with E-state index in [1.165, 1.54) is 0 Å². The second-order valence-corrected chi connectivity index (χ2v) is 4.37. The number of nitrogens with zero attached hydrogens (tertiary/aromatic N) is 2. The van der Waals surface area contributed by atoms with Gasteiger partial charge in [-0.3, -0.25) is 9.69 Å². The fourth-order valence-electron chi connectivity index (χ4n) is 2.15. The zero-order valence-electron chi connectivity index (χ0n) is 9.78. The Morgan fingerprint density at radius 2 is 1.94 bits per heavy atom. The first-order chi connectivity index (χ1) is 7.86. The van der Waals surface area contributed by atoms with Crippen molar-refractivity contribution in [1.29, 1.82) is 0 Å². The van der Waals surface area contributed by atoms with Crippen LogP contribution in [0, 0.1) is 0 Å². The molecule has 0 atom stereocenters. The van der Waals surface area contributed by atoms with Crippen LogP contribution >= 0.6 is 0 Å². The number of carbonyl (C=O) groups is 1. The summed E-state index contributed by atoms with van der Waals surface area (Å²) in [5.41, 5.74) is 0. The van der Waals surface area contributed by atoms with Gasteiger partial charge in [0, 0.05) is 32.7 Å². The minimum absolute atomic E-state index is 0.269. The summed E-state index contributed by atoms with van der Waals surface area (Å²) in [5.74, 6) is 0.269. The van der Waals surface area contributed by atoms with E-state index in [1.54, 1.807) is 0 Å². The van der Waals surface area contributed by atoms with E-state index in [9.17, 15) is 4.79 Å². The van der Waals surface area contributed by atoms with Crippen LogP contribution in [0.5, 0.6) is 0 Å². The molecule has 0 aromatic carbocycles. The highest BCUT2D eigenvalue weighted by Gasteiger charge is 2.19. The van der Waals surface area contributed by atoms with Crippen molar-refractivity contribution < 1.29 is 9.53 Å². The van der Waals surface area contributed by atoms with E-state index in [2.05, 4.69) is 10.2 Å². The van der Waals surface area contributed by atoms with Crippen molar-refractivity contribution in [1.82, 2.24) is 15.1 Å². The van der Waals surface area contributed by atoms with Crippen molar-refractivity contribution in [3.8, 4) is 0 Å². The maximum atomic E-state index is 12.0. The van der Waals surface area contributed by atoms with Crippen LogP contribution in [-0.2, 0) is 9.53 Å². The maximum Gasteiger partial charge on any atom is 0.236 e. The molecule has 2 heterocycles. The molecule has 5 heteroatoms. The molecule has 2 aliphatic rings. The molecule has 92 valence electrons. The van der Waals surface area contributed by atoms with Crippen molar-refractivity contribution in [2.24, 2.45) is 0 Å². The highest BCUT2D eigenvalue weighted by Crippen LogP contribution is 2.01. The molecule has 0 spiro atoms. The Hall–Kier alpha value is -0.650. The summed E-state index contributed by atoms with van der Waals surface area (Å²) in [7, 11) is 0. The molecule has 2 saturated heterocycles. The van der Waals surface area contributed by atoms with Crippen LogP contribution in [0.2, 0.25) is 0 Å². The van der Waals surface area contributed by atoms with E-state index >= 15 is 0 Å². The highest BCUT2D eigenvalue weighted by atomic mass is 16.5. The molecule has 1 amide bonds. The van der Waals surface area contributed by atoms with Gasteiger partial charge in [0.25, 0.3) is 0 Å². The van der Waals surface area contributed by atoms with Gasteiger partial charge in [-0.15, -0.1) is 0 Å². The molecule has 0 aromatic heterocycles. The Bertz CT molecular complexity index is 221. The van der Waals surface area contributed by atoms with Crippen LogP contribution in [0.3, 0.4) is 0 Å². The molecule has 2 fully saturated rings. The average molecular weight is 227 g/mol. The highest BCUT2D eigenvalue weighted by molar-refractivity contribution is 5.78. The Morgan fingerprint density at radius 3 is 2.75 bits per heavy atom. The van der Waals surface area contributed by atoms with Crippen molar-refractivity contribution in [2.75, 3.05) is 59.0 Å². The molecule has 16 heavy (non-hydrogen) atoms. The lowest BCUT2D eigenvalue weighted by molar-refractivity contribution is -0.133. The molecule has 0 radical (unpaired) electrons. The fourth-order valence-corrected chi connectivity index (χ4v) is 2.15. The molecule has 0 aliphatic carbocycles. The monoisotopic (exact) mass is 227 g/mol. The zero-order valence-corrected chi connectivity index (χ0v) is 9.78. The van der Waals surface area contributed by atoms with Gasteiger partial charge >= 0.3 is 0 Å². The van der Waals surface area contributed by atoms with Crippen LogP contribution in [0.1, 0.15) is 6.42 Å². The zero-order chi connectivity index (χ0) is 11.2. The summed E-state index contributed by atoms with van der Waals surface area (Å²) in [6.45, 7) is 7.55. The summed E-state index contributed by atoms with van der Waals surface area (Å²) in [6.07, 6.45) is 1.06. The lowest BCUT2D eigenvalue weighted by atomic mass is 10.3. The van der Waals surface area contributed by atoms with Crippen molar-refractivity contribution in [3.05, 3.63) is 0 Å². The van der Waals surface area contributed by atoms with E-state index < -0.39 is 0 Å². The largest absolute Gasteiger partial charge is 0.379 e. The van der Waals surface area contributed by atoms with Crippen LogP contribution in [0.25, 0.3) is 0 Å². The Labute approximate surface area is 96.7 Å². The van der Waals surface area contributed by atoms with Gasteiger partial charge in [0.2, 0.25) is 5.91 Å². The fraction of sp³-hybridized carbons (Fsp3) is 0.909. The van der Waals surface area contributed by atoms with Crippen LogP contribution in [-0.4, -0.2) is 74.7 Å². The number of hydrogen-bond acceptors (Lipinski definition) is 4. The summed E-state index contributed by atoms with van der Waals surface area (Å²) >= 11 is 0. The Morgan fingerprint density at radius 1 is 1.12 bits per heavy atom. The van der Waals surface area contributed by atoms with Gasteiger partial charge in [0.05, 0.1) is 19.8 Å². The second kappa shape index (κ2) is 6.18. The first-order valence-electron chi connectivity index (χ1n) is 6.15. The molecular formula is C11H21N3O2. The smallest absolute Gasteiger partial charge is 0.236 e. The van der Waals surface area contributed by atoms with Gasteiger partial charge in [-0.05, 0) is 13.0 Å². The number of hydrogen-bond donors (Lipinski definition) is 1. The number of ether oxygens (including phenoxy) is 1. The number of nitrogens with one attached hydrogen (secondary N) is 1. The molecule has 0 saturated carbocycles. The summed E-state index contributed by atoms with van der Waals surface area (Å²) in [6, 6.07) is 0. The van der Waals surface area contributed by atoms with Gasteiger partial charge in [0.1, 0.15) is 0 Å². The molecular weight excluding hydrogens is 206 g/mol. The van der Waals surface area contributed by atoms with Gasteiger partial charge in [-0.2, -0.15) is 0 Å². The van der Waals surface area contributed by atoms with Crippen molar-refractivity contribution >= 4 is 5.91 Å². The molecule has 1 N–H and O–H groups in total. The molecule has 2 aliphatic heterocycles. The van der Waals surface area contributed by atoms with E-state index in [4.69, 9.17) is 4.74 Å². The molecule has 0 aromatic rings. The number of amides is 1. The molecule has 5 nitrogen and oxygen atoms in total. The Balaban J connectivity index is 1.76. The first kappa shape index (κ1) is 11.8. The number of carbonyl (C=O) groups excluding carboxylic acids is 1. The minimum atomic E-state index is 0.269. The van der Waals surface area contributed by atoms with Gasteiger partial charge in [-0.1, -0.05) is 0 Å². The van der Waals surface area contributed by atoms with Gasteiger partial charge in [-0.25, -0.2) is 0 Å². The van der Waals surface area contributed by atoms with Crippen LogP contribution < -0.4 is 5.32 Å². The van der Waals surface area contributed by atoms with E-state index in [0.29, 0.717) is 6.54 Å². The van der Waals surface area contributed by atoms with E-state index in [0.717, 1.165) is 58.9 Å². The third kappa shape index (κ3) is 3.43. The third-order valence-electron chi connectivity index (χ3n) is 3.16. The van der Waals surface area contributed by atoms with E-state index in [-0.39, 0.29) is 5.91 Å². The molecule has 0 bridgehead atoms. The lowest BCUT2D eigenvalue weighted by Gasteiger charge is -2.28. The molecule has 0 unspecified atom stereocenters. The van der Waals surface area contributed by atoms with Crippen molar-refractivity contribution in [3.63, 3.8) is 0 Å². The number of morpholine rings is 1. The van der Waals surface area contributed by atoms with Crippen LogP contribution in [0.4, 0.5) is 0 Å². The lowest BCUT2D eigenvalue weighted by Crippen LogP contribution is -2.45. The van der Waals surface area contributed by atoms with E-state index in [1.807, 2.05) is 4.90 Å². The van der Waals surface area contributed by atoms with Crippen molar-refractivity contribution in [2.45, 2.75) is 6.42 Å². The van der Waals surface area contributed by atoms with Crippen LogP contribution in [0.15, 0.2) is 0 Å². The summed E-state index contributed by atoms with van der Waals surface area (Å²) in [4.78, 5) is 16.2. The molecule has 2 rings (SSSR count). The first-order valence-corrected chi connectivity index (χ1v) is 6.15. The van der Waals surface area contributed by atoms with Gasteiger partial charge in [0.15, 0.2) is 0 Å². The average Bonchev–Trinajstić information content (AvgIpc) is 2.59. The normalized spacial score (nSPS) is 24.1. The standard InChI is InChI=1S/C11H21N3O2/c15-11(10-13-6-8-16-9-7-13)14-4-1-2-12-3-5-14/h12H,1-10H2. The third-order valence-corrected chi connectivity index (χ3v) is 3.16. The Kier molecular flexibility index (Phi) is 4.56. The predicted molar refractivity (Wildman–Crippen MR) is 61.3 cm³/mol. The van der Waals surface area contributed by atoms with Gasteiger partial charge < -0.3 is 15.0 Å². The summed E-state index contributed by atoms with van der Waals surface area (Å²) in [5, 5.41) is 3.31. The topological polar surface area (TPSA) is 44.8 Å². The predicted octanol–water partition coefficient (Wildman–Crippen LogP) is -0.859. The minimum Gasteiger partial charge on any atom is -0.379 e. The SMILES string of the molecule is O=C(CN1CCOCC1)N1CCCNCC1. The quantitative estimate of drug-likeness (QED) is 0.667.